The Morgan fingerprint density at radius 2 is 2.19 bits per heavy atom. The van der Waals surface area contributed by atoms with Crippen LogP contribution in [0.2, 0.25) is 5.02 Å². The number of methoxy groups -OCH3 is 1. The molecule has 0 saturated heterocycles. The third-order valence-corrected chi connectivity index (χ3v) is 3.15. The molecule has 0 aliphatic carbocycles. The summed E-state index contributed by atoms with van der Waals surface area (Å²) in [7, 11) is 1.53. The lowest BCUT2D eigenvalue weighted by Gasteiger charge is -2.15. The summed E-state index contributed by atoms with van der Waals surface area (Å²) in [6.07, 6.45) is 2.59. The van der Waals surface area contributed by atoms with Crippen LogP contribution in [0.5, 0.6) is 11.5 Å². The molecule has 3 N–H and O–H groups in total. The molecule has 5 nitrogen and oxygen atoms in total. The van der Waals surface area contributed by atoms with Gasteiger partial charge in [-0.15, -0.1) is 0 Å². The number of unbranched alkanes of at least 4 members (excludes halogenated alkanes) is 1. The number of amides is 1. The second-order valence-electron chi connectivity index (χ2n) is 4.63. The highest BCUT2D eigenvalue weighted by atomic mass is 35.5. The Kier molecular flexibility index (Phi) is 7.93. The highest BCUT2D eigenvalue weighted by molar-refractivity contribution is 6.30. The van der Waals surface area contributed by atoms with E-state index in [0.717, 1.165) is 18.4 Å². The zero-order valence-corrected chi connectivity index (χ0v) is 13.3. The van der Waals surface area contributed by atoms with Gasteiger partial charge >= 0.3 is 0 Å². The number of nitrogens with one attached hydrogen (secondary N) is 1. The average Bonchev–Trinajstić information content (AvgIpc) is 2.46. The average molecular weight is 315 g/mol. The first-order chi connectivity index (χ1) is 10.1. The Morgan fingerprint density at radius 1 is 1.43 bits per heavy atom. The van der Waals surface area contributed by atoms with Crippen molar-refractivity contribution >= 4 is 17.5 Å². The second kappa shape index (κ2) is 9.47. The monoisotopic (exact) mass is 314 g/mol. The van der Waals surface area contributed by atoms with Gasteiger partial charge in [-0.2, -0.15) is 0 Å². The zero-order chi connectivity index (χ0) is 15.7. The van der Waals surface area contributed by atoms with E-state index in [4.69, 9.17) is 26.8 Å². The fraction of sp³-hybridized carbons (Fsp3) is 0.533. The van der Waals surface area contributed by atoms with Gasteiger partial charge in [0, 0.05) is 23.2 Å². The SMILES string of the molecule is CCCCNC(=O)COc1c(CCN)cc(Cl)cc1OC. The standard InChI is InChI=1S/C15H23ClN2O3/c1-3-4-7-18-14(19)10-21-15-11(5-6-17)8-12(16)9-13(15)20-2/h8-9H,3-7,10,17H2,1-2H3,(H,18,19). The molecule has 1 amide bonds. The van der Waals surface area contributed by atoms with E-state index in [1.165, 1.54) is 7.11 Å². The van der Waals surface area contributed by atoms with Crippen LogP contribution in [-0.4, -0.2) is 32.7 Å². The van der Waals surface area contributed by atoms with Crippen LogP contribution in [0.25, 0.3) is 0 Å². The minimum Gasteiger partial charge on any atom is -0.493 e. The van der Waals surface area contributed by atoms with E-state index in [1.807, 2.05) is 0 Å². The van der Waals surface area contributed by atoms with Gasteiger partial charge in [0.2, 0.25) is 0 Å². The minimum atomic E-state index is -0.154. The molecule has 0 aliphatic rings. The molecule has 0 atom stereocenters. The quantitative estimate of drug-likeness (QED) is 0.685. The maximum Gasteiger partial charge on any atom is 0.257 e. The highest BCUT2D eigenvalue weighted by Crippen LogP contribution is 2.34. The third kappa shape index (κ3) is 5.81. The van der Waals surface area contributed by atoms with Crippen molar-refractivity contribution in [3.8, 4) is 11.5 Å². The van der Waals surface area contributed by atoms with E-state index in [2.05, 4.69) is 12.2 Å². The summed E-state index contributed by atoms with van der Waals surface area (Å²) in [6, 6.07) is 3.44. The minimum absolute atomic E-state index is 0.0563. The number of hydrogen-bond acceptors (Lipinski definition) is 4. The molecule has 0 fully saturated rings. The Labute approximate surface area is 130 Å². The van der Waals surface area contributed by atoms with E-state index in [0.29, 0.717) is 36.0 Å². The fourth-order valence-corrected chi connectivity index (χ4v) is 2.10. The van der Waals surface area contributed by atoms with E-state index < -0.39 is 0 Å². The molecule has 0 heterocycles. The second-order valence-corrected chi connectivity index (χ2v) is 5.06. The molecule has 0 saturated carbocycles. The van der Waals surface area contributed by atoms with Crippen molar-refractivity contribution in [2.24, 2.45) is 5.73 Å². The van der Waals surface area contributed by atoms with E-state index in [9.17, 15) is 4.79 Å². The number of carbonyl (C=O) groups is 1. The van der Waals surface area contributed by atoms with Crippen LogP contribution < -0.4 is 20.5 Å². The van der Waals surface area contributed by atoms with Crippen molar-refractivity contribution in [1.29, 1.82) is 0 Å². The van der Waals surface area contributed by atoms with E-state index in [1.54, 1.807) is 12.1 Å². The van der Waals surface area contributed by atoms with Crippen LogP contribution in [0.3, 0.4) is 0 Å². The molecule has 118 valence electrons. The summed E-state index contributed by atoms with van der Waals surface area (Å²) in [5.74, 6) is 0.879. The number of nitrogens with two attached hydrogens (primary N) is 1. The van der Waals surface area contributed by atoms with Crippen molar-refractivity contribution in [2.45, 2.75) is 26.2 Å². The molecule has 0 radical (unpaired) electrons. The van der Waals surface area contributed by atoms with Crippen molar-refractivity contribution in [2.75, 3.05) is 26.8 Å². The molecule has 21 heavy (non-hydrogen) atoms. The Balaban J connectivity index is 2.74. The summed E-state index contributed by atoms with van der Waals surface area (Å²) < 4.78 is 10.9. The van der Waals surface area contributed by atoms with Gasteiger partial charge < -0.3 is 20.5 Å². The van der Waals surface area contributed by atoms with Gasteiger partial charge in [0.15, 0.2) is 18.1 Å². The molecule has 0 bridgehead atoms. The molecule has 1 aromatic carbocycles. The molecule has 0 aromatic heterocycles. The predicted octanol–water partition coefficient (Wildman–Crippen LogP) is 2.14. The number of benzene rings is 1. The molecule has 6 heteroatoms. The lowest BCUT2D eigenvalue weighted by Crippen LogP contribution is -2.29. The van der Waals surface area contributed by atoms with Crippen molar-refractivity contribution in [3.63, 3.8) is 0 Å². The van der Waals surface area contributed by atoms with Crippen LogP contribution >= 0.6 is 11.6 Å². The van der Waals surface area contributed by atoms with Gasteiger partial charge in [0.05, 0.1) is 7.11 Å². The van der Waals surface area contributed by atoms with Gasteiger partial charge in [-0.1, -0.05) is 24.9 Å². The van der Waals surface area contributed by atoms with Crippen LogP contribution in [0.15, 0.2) is 12.1 Å². The molecule has 0 spiro atoms. The van der Waals surface area contributed by atoms with Crippen molar-refractivity contribution in [1.82, 2.24) is 5.32 Å². The van der Waals surface area contributed by atoms with E-state index >= 15 is 0 Å². The van der Waals surface area contributed by atoms with Crippen LogP contribution in [-0.2, 0) is 11.2 Å². The topological polar surface area (TPSA) is 73.6 Å². The van der Waals surface area contributed by atoms with Gasteiger partial charge in [-0.3, -0.25) is 4.79 Å². The number of hydrogen-bond donors (Lipinski definition) is 2. The molecular formula is C15H23ClN2O3. The first-order valence-electron chi connectivity index (χ1n) is 7.08. The van der Waals surface area contributed by atoms with Crippen LogP contribution in [0.4, 0.5) is 0 Å². The number of ether oxygens (including phenoxy) is 2. The normalized spacial score (nSPS) is 10.3. The number of rotatable bonds is 9. The smallest absolute Gasteiger partial charge is 0.257 e. The van der Waals surface area contributed by atoms with Crippen LogP contribution in [0.1, 0.15) is 25.3 Å². The molecular weight excluding hydrogens is 292 g/mol. The summed E-state index contributed by atoms with van der Waals surface area (Å²) >= 11 is 6.03. The molecule has 0 aliphatic heterocycles. The lowest BCUT2D eigenvalue weighted by molar-refractivity contribution is -0.123. The van der Waals surface area contributed by atoms with Crippen LogP contribution in [0, 0.1) is 0 Å². The summed E-state index contributed by atoms with van der Waals surface area (Å²) in [5.41, 5.74) is 6.43. The highest BCUT2D eigenvalue weighted by Gasteiger charge is 2.14. The van der Waals surface area contributed by atoms with Crippen molar-refractivity contribution in [3.05, 3.63) is 22.7 Å². The van der Waals surface area contributed by atoms with Gasteiger partial charge in [0.1, 0.15) is 0 Å². The first-order valence-corrected chi connectivity index (χ1v) is 7.46. The first kappa shape index (κ1) is 17.6. The number of halogens is 1. The Hall–Kier alpha value is -1.46. The van der Waals surface area contributed by atoms with Gasteiger partial charge in [0.25, 0.3) is 5.91 Å². The lowest BCUT2D eigenvalue weighted by atomic mass is 10.1. The van der Waals surface area contributed by atoms with Gasteiger partial charge in [-0.05, 0) is 25.5 Å². The van der Waals surface area contributed by atoms with E-state index in [-0.39, 0.29) is 12.5 Å². The summed E-state index contributed by atoms with van der Waals surface area (Å²) in [5, 5.41) is 3.35. The summed E-state index contributed by atoms with van der Waals surface area (Å²) in [4.78, 5) is 11.7. The maximum atomic E-state index is 11.7. The molecule has 1 aromatic rings. The van der Waals surface area contributed by atoms with Gasteiger partial charge in [-0.25, -0.2) is 0 Å². The fourth-order valence-electron chi connectivity index (χ4n) is 1.87. The predicted molar refractivity (Wildman–Crippen MR) is 84.2 cm³/mol. The Bertz CT molecular complexity index is 466. The molecule has 0 unspecified atom stereocenters. The Morgan fingerprint density at radius 3 is 2.81 bits per heavy atom. The van der Waals surface area contributed by atoms with Crippen molar-refractivity contribution < 1.29 is 14.3 Å². The largest absolute Gasteiger partial charge is 0.493 e. The zero-order valence-electron chi connectivity index (χ0n) is 12.6. The third-order valence-electron chi connectivity index (χ3n) is 2.93. The summed E-state index contributed by atoms with van der Waals surface area (Å²) in [6.45, 7) is 3.13. The molecule has 1 rings (SSSR count). The number of carbonyl (C=O) groups excluding carboxylic acids is 1. The maximum absolute atomic E-state index is 11.7.